The molecule has 1 saturated heterocycles. The topological polar surface area (TPSA) is 243 Å². The summed E-state index contributed by atoms with van der Waals surface area (Å²) in [7, 11) is 0. The van der Waals surface area contributed by atoms with Crippen LogP contribution in [0.1, 0.15) is 117 Å². The normalized spacial score (nSPS) is 18.6. The summed E-state index contributed by atoms with van der Waals surface area (Å²) in [5.74, 6) is -7.35. The molecule has 2 fully saturated rings. The Morgan fingerprint density at radius 1 is 0.914 bits per heavy atom. The highest BCUT2D eigenvalue weighted by Gasteiger charge is 2.46. The van der Waals surface area contributed by atoms with Crippen LogP contribution in [0.2, 0.25) is 0 Å². The van der Waals surface area contributed by atoms with Crippen LogP contribution in [-0.2, 0) is 33.5 Å². The smallest absolute Gasteiger partial charge is 0.336 e. The summed E-state index contributed by atoms with van der Waals surface area (Å²) >= 11 is 0. The Hall–Kier alpha value is -5.64. The van der Waals surface area contributed by atoms with Gasteiger partial charge in [0.1, 0.15) is 18.1 Å². The number of ether oxygens (including phenoxy) is 1. The van der Waals surface area contributed by atoms with Crippen LogP contribution in [-0.4, -0.2) is 100 Å². The number of carbonyl (C=O) groups excluding carboxylic acids is 7. The third-order valence-electron chi connectivity index (χ3n) is 10.3. The van der Waals surface area contributed by atoms with E-state index in [1.54, 1.807) is 38.1 Å². The zero-order valence-corrected chi connectivity index (χ0v) is 33.8. The lowest BCUT2D eigenvalue weighted by atomic mass is 9.83. The number of carbonyl (C=O) groups is 8. The van der Waals surface area contributed by atoms with E-state index in [-0.39, 0.29) is 36.4 Å². The van der Waals surface area contributed by atoms with Gasteiger partial charge in [-0.15, -0.1) is 0 Å². The Morgan fingerprint density at radius 3 is 2.19 bits per heavy atom. The largest absolute Gasteiger partial charge is 0.478 e. The molecule has 2 aliphatic rings. The van der Waals surface area contributed by atoms with Gasteiger partial charge in [0, 0.05) is 13.0 Å². The Balaban J connectivity index is 1.52. The standard InChI is InChI=1S/C42H56N6O10/c1-6-13-30(35(50)39(54)44-22-32(49)46-33(36(43)51)26-17-12-14-24(2)20-26)45-38(53)31-21-27(58-42(3,4)5)23-48(31)40(55)34(25-15-8-7-9-16-25)47-37(52)28-18-10-11-19-29(28)41(56)57/h10-12,14,17-20,25,27,30-31,33-34H,6-9,13,15-16,21-23H2,1-5H3,(H2,43,51)(H,44,54)(H,45,53)(H,46,49)(H,47,52)(H,56,57). The Labute approximate surface area is 338 Å². The predicted molar refractivity (Wildman–Crippen MR) is 212 cm³/mol. The number of nitrogens with one attached hydrogen (secondary N) is 4. The quantitative estimate of drug-likeness (QED) is 0.128. The molecule has 6 amide bonds. The van der Waals surface area contributed by atoms with Gasteiger partial charge in [0.15, 0.2) is 0 Å². The van der Waals surface area contributed by atoms with Crippen molar-refractivity contribution in [3.05, 3.63) is 70.8 Å². The van der Waals surface area contributed by atoms with Gasteiger partial charge in [0.25, 0.3) is 11.8 Å². The van der Waals surface area contributed by atoms with Crippen molar-refractivity contribution in [3.8, 4) is 0 Å². The number of nitrogens with zero attached hydrogens (tertiary/aromatic N) is 1. The molecule has 58 heavy (non-hydrogen) atoms. The first-order valence-electron chi connectivity index (χ1n) is 19.8. The average Bonchev–Trinajstić information content (AvgIpc) is 3.59. The van der Waals surface area contributed by atoms with Gasteiger partial charge in [0.2, 0.25) is 29.4 Å². The molecule has 0 spiro atoms. The SMILES string of the molecule is CCCC(NC(=O)C1CC(OC(C)(C)C)CN1C(=O)C(NC(=O)c1ccccc1C(=O)O)C1CCCCC1)C(=O)C(=O)NCC(=O)NC(C(N)=O)c1cccc(C)c1. The minimum atomic E-state index is -1.31. The molecule has 5 unspecified atom stereocenters. The van der Waals surface area contributed by atoms with Gasteiger partial charge in [-0.25, -0.2) is 4.79 Å². The van der Waals surface area contributed by atoms with E-state index in [4.69, 9.17) is 10.5 Å². The van der Waals surface area contributed by atoms with Gasteiger partial charge >= 0.3 is 5.97 Å². The molecule has 4 rings (SSSR count). The number of ketones is 1. The molecular formula is C42H56N6O10. The Kier molecular flexibility index (Phi) is 15.7. The fraction of sp³-hybridized carbons (Fsp3) is 0.524. The molecule has 5 atom stereocenters. The van der Waals surface area contributed by atoms with E-state index in [1.807, 2.05) is 20.8 Å². The summed E-state index contributed by atoms with van der Waals surface area (Å²) in [6.07, 6.45) is 3.75. The molecule has 16 nitrogen and oxygen atoms in total. The van der Waals surface area contributed by atoms with E-state index in [2.05, 4.69) is 21.3 Å². The van der Waals surface area contributed by atoms with Gasteiger partial charge in [-0.3, -0.25) is 33.6 Å². The van der Waals surface area contributed by atoms with E-state index in [9.17, 15) is 43.5 Å². The lowest BCUT2D eigenvalue weighted by molar-refractivity contribution is -0.143. The zero-order valence-electron chi connectivity index (χ0n) is 33.8. The molecule has 2 aromatic rings. The number of amides is 6. The average molecular weight is 805 g/mol. The highest BCUT2D eigenvalue weighted by atomic mass is 16.5. The van der Waals surface area contributed by atoms with Crippen molar-refractivity contribution in [2.45, 2.75) is 122 Å². The van der Waals surface area contributed by atoms with E-state index < -0.39 is 89.6 Å². The summed E-state index contributed by atoms with van der Waals surface area (Å²) in [5.41, 5.74) is 5.82. The Morgan fingerprint density at radius 2 is 1.59 bits per heavy atom. The molecule has 16 heteroatoms. The molecule has 1 heterocycles. The number of primary amides is 1. The van der Waals surface area contributed by atoms with Crippen LogP contribution in [0.3, 0.4) is 0 Å². The molecule has 314 valence electrons. The van der Waals surface area contributed by atoms with Gasteiger partial charge in [0.05, 0.1) is 35.4 Å². The summed E-state index contributed by atoms with van der Waals surface area (Å²) in [4.78, 5) is 107. The number of carboxylic acid groups (broad SMARTS) is 1. The van der Waals surface area contributed by atoms with Crippen LogP contribution >= 0.6 is 0 Å². The maximum absolute atomic E-state index is 14.6. The summed E-state index contributed by atoms with van der Waals surface area (Å²) in [5, 5.41) is 19.9. The molecule has 1 aliphatic heterocycles. The molecular weight excluding hydrogens is 748 g/mol. The maximum Gasteiger partial charge on any atom is 0.336 e. The fourth-order valence-electron chi connectivity index (χ4n) is 7.60. The van der Waals surface area contributed by atoms with Crippen molar-refractivity contribution in [2.75, 3.05) is 13.1 Å². The van der Waals surface area contributed by atoms with Gasteiger partial charge < -0.3 is 41.7 Å². The molecule has 0 aromatic heterocycles. The summed E-state index contributed by atoms with van der Waals surface area (Å²) < 4.78 is 6.22. The number of benzene rings is 2. The van der Waals surface area contributed by atoms with Crippen molar-refractivity contribution >= 4 is 47.2 Å². The van der Waals surface area contributed by atoms with Gasteiger partial charge in [-0.1, -0.05) is 74.6 Å². The number of hydrogen-bond donors (Lipinski definition) is 6. The minimum absolute atomic E-state index is 0.00414. The van der Waals surface area contributed by atoms with Crippen molar-refractivity contribution < 1.29 is 48.2 Å². The first-order chi connectivity index (χ1) is 27.4. The number of carboxylic acids is 1. The van der Waals surface area contributed by atoms with Crippen LogP contribution in [0, 0.1) is 12.8 Å². The van der Waals surface area contributed by atoms with Crippen LogP contribution in [0.15, 0.2) is 48.5 Å². The van der Waals surface area contributed by atoms with Crippen molar-refractivity contribution in [2.24, 2.45) is 11.7 Å². The number of hydrogen-bond acceptors (Lipinski definition) is 9. The molecule has 0 radical (unpaired) electrons. The molecule has 0 bridgehead atoms. The highest BCUT2D eigenvalue weighted by molar-refractivity contribution is 6.38. The van der Waals surface area contributed by atoms with Crippen LogP contribution < -0.4 is 27.0 Å². The van der Waals surface area contributed by atoms with Gasteiger partial charge in [-0.05, 0) is 70.6 Å². The second kappa shape index (κ2) is 20.2. The lowest BCUT2D eigenvalue weighted by Crippen LogP contribution is -2.58. The summed E-state index contributed by atoms with van der Waals surface area (Å²) in [6.45, 7) is 8.41. The number of aryl methyl sites for hydroxylation is 1. The lowest BCUT2D eigenvalue weighted by Gasteiger charge is -2.35. The number of nitrogens with two attached hydrogens (primary N) is 1. The predicted octanol–water partition coefficient (Wildman–Crippen LogP) is 2.47. The number of likely N-dealkylation sites (tertiary alicyclic amines) is 1. The van der Waals surface area contributed by atoms with Crippen molar-refractivity contribution in [3.63, 3.8) is 0 Å². The third kappa shape index (κ3) is 12.2. The first-order valence-corrected chi connectivity index (χ1v) is 19.8. The van der Waals surface area contributed by atoms with Crippen molar-refractivity contribution in [1.82, 2.24) is 26.2 Å². The number of rotatable bonds is 17. The molecule has 2 aromatic carbocycles. The van der Waals surface area contributed by atoms with E-state index in [0.717, 1.165) is 24.8 Å². The monoisotopic (exact) mass is 804 g/mol. The second-order valence-corrected chi connectivity index (χ2v) is 16.0. The van der Waals surface area contributed by atoms with E-state index >= 15 is 0 Å². The number of Topliss-reactive ketones (excluding diaryl/α,β-unsaturated/α-hetero) is 1. The van der Waals surface area contributed by atoms with Crippen LogP contribution in [0.25, 0.3) is 0 Å². The third-order valence-corrected chi connectivity index (χ3v) is 10.3. The van der Waals surface area contributed by atoms with Crippen LogP contribution in [0.5, 0.6) is 0 Å². The van der Waals surface area contributed by atoms with E-state index in [0.29, 0.717) is 24.8 Å². The van der Waals surface area contributed by atoms with Gasteiger partial charge in [-0.2, -0.15) is 0 Å². The zero-order chi connectivity index (χ0) is 42.7. The minimum Gasteiger partial charge on any atom is -0.478 e. The summed E-state index contributed by atoms with van der Waals surface area (Å²) in [6, 6.07) is 7.77. The fourth-order valence-corrected chi connectivity index (χ4v) is 7.60. The first kappa shape index (κ1) is 45.1. The van der Waals surface area contributed by atoms with Crippen LogP contribution in [0.4, 0.5) is 0 Å². The number of aromatic carboxylic acids is 1. The molecule has 7 N–H and O–H groups in total. The second-order valence-electron chi connectivity index (χ2n) is 16.0. The molecule has 1 saturated carbocycles. The highest BCUT2D eigenvalue weighted by Crippen LogP contribution is 2.31. The molecule has 1 aliphatic carbocycles. The van der Waals surface area contributed by atoms with E-state index in [1.165, 1.54) is 29.2 Å². The van der Waals surface area contributed by atoms with Crippen molar-refractivity contribution in [1.29, 1.82) is 0 Å². The maximum atomic E-state index is 14.6. The Bertz CT molecular complexity index is 1870.